The van der Waals surface area contributed by atoms with Crippen molar-refractivity contribution in [3.8, 4) is 0 Å². The SMILES string of the molecule is COC(=O)C(C)(C)NC(=O)c1ccc(Br)c(S(=O)(=O)N(C)C)c1. The lowest BCUT2D eigenvalue weighted by Crippen LogP contribution is -2.50. The van der Waals surface area contributed by atoms with Crippen LogP contribution in [0.4, 0.5) is 0 Å². The maximum Gasteiger partial charge on any atom is 0.330 e. The number of rotatable bonds is 5. The Labute approximate surface area is 144 Å². The van der Waals surface area contributed by atoms with Crippen molar-refractivity contribution in [2.45, 2.75) is 24.3 Å². The summed E-state index contributed by atoms with van der Waals surface area (Å²) in [6.07, 6.45) is 0. The van der Waals surface area contributed by atoms with Crippen LogP contribution in [-0.4, -0.2) is 51.3 Å². The first-order valence-corrected chi connectivity index (χ1v) is 8.80. The number of hydrogen-bond donors (Lipinski definition) is 1. The Morgan fingerprint density at radius 1 is 1.26 bits per heavy atom. The van der Waals surface area contributed by atoms with Gasteiger partial charge in [-0.3, -0.25) is 4.79 Å². The molecule has 0 saturated carbocycles. The molecule has 23 heavy (non-hydrogen) atoms. The topological polar surface area (TPSA) is 92.8 Å². The Morgan fingerprint density at radius 3 is 2.30 bits per heavy atom. The van der Waals surface area contributed by atoms with Gasteiger partial charge < -0.3 is 10.1 Å². The molecule has 0 aliphatic heterocycles. The van der Waals surface area contributed by atoms with E-state index in [9.17, 15) is 18.0 Å². The third kappa shape index (κ3) is 4.30. The Bertz CT molecular complexity index is 729. The van der Waals surface area contributed by atoms with Crippen molar-refractivity contribution in [2.75, 3.05) is 21.2 Å². The van der Waals surface area contributed by atoms with Crippen LogP contribution in [0.2, 0.25) is 0 Å². The minimum atomic E-state index is -3.71. The second-order valence-corrected chi connectivity index (χ2v) is 8.48. The standard InChI is InChI=1S/C14H19BrN2O5S/c1-14(2,13(19)22-5)16-12(18)9-6-7-10(15)11(8-9)23(20,21)17(3)4/h6-8H,1-5H3,(H,16,18). The van der Waals surface area contributed by atoms with Crippen LogP contribution in [0.5, 0.6) is 0 Å². The van der Waals surface area contributed by atoms with Crippen molar-refractivity contribution in [1.82, 2.24) is 9.62 Å². The summed E-state index contributed by atoms with van der Waals surface area (Å²) in [7, 11) is 0.302. The Balaban J connectivity index is 3.22. The lowest BCUT2D eigenvalue weighted by molar-refractivity contribution is -0.146. The molecule has 0 atom stereocenters. The van der Waals surface area contributed by atoms with E-state index in [1.807, 2.05) is 0 Å². The van der Waals surface area contributed by atoms with E-state index in [0.29, 0.717) is 4.47 Å². The van der Waals surface area contributed by atoms with Crippen molar-refractivity contribution in [2.24, 2.45) is 0 Å². The molecule has 1 N–H and O–H groups in total. The molecule has 1 rings (SSSR count). The normalized spacial score (nSPS) is 12.1. The van der Waals surface area contributed by atoms with Gasteiger partial charge in [0.15, 0.2) is 0 Å². The van der Waals surface area contributed by atoms with Crippen LogP contribution in [0.15, 0.2) is 27.6 Å². The summed E-state index contributed by atoms with van der Waals surface area (Å²) < 4.78 is 30.5. The van der Waals surface area contributed by atoms with Gasteiger partial charge in [-0.25, -0.2) is 17.5 Å². The smallest absolute Gasteiger partial charge is 0.330 e. The van der Waals surface area contributed by atoms with E-state index in [0.717, 1.165) is 4.31 Å². The van der Waals surface area contributed by atoms with E-state index in [2.05, 4.69) is 26.0 Å². The van der Waals surface area contributed by atoms with Gasteiger partial charge in [-0.2, -0.15) is 0 Å². The number of methoxy groups -OCH3 is 1. The molecule has 9 heteroatoms. The molecule has 0 aliphatic carbocycles. The summed E-state index contributed by atoms with van der Waals surface area (Å²) in [5.41, 5.74) is -1.12. The monoisotopic (exact) mass is 406 g/mol. The minimum absolute atomic E-state index is 0.0361. The second kappa shape index (κ2) is 6.98. The van der Waals surface area contributed by atoms with Crippen LogP contribution >= 0.6 is 15.9 Å². The molecular weight excluding hydrogens is 388 g/mol. The number of amides is 1. The third-order valence-corrected chi connectivity index (χ3v) is 5.88. The Morgan fingerprint density at radius 2 is 1.83 bits per heavy atom. The van der Waals surface area contributed by atoms with Gasteiger partial charge in [-0.15, -0.1) is 0 Å². The highest BCUT2D eigenvalue weighted by Crippen LogP contribution is 2.25. The van der Waals surface area contributed by atoms with E-state index in [4.69, 9.17) is 0 Å². The first-order valence-electron chi connectivity index (χ1n) is 6.56. The quantitative estimate of drug-likeness (QED) is 0.745. The molecule has 1 aromatic carbocycles. The number of ether oxygens (including phenoxy) is 1. The number of nitrogens with one attached hydrogen (secondary N) is 1. The zero-order chi connectivity index (χ0) is 18.0. The predicted octanol–water partition coefficient (Wildman–Crippen LogP) is 1.38. The van der Waals surface area contributed by atoms with Gasteiger partial charge in [0.25, 0.3) is 5.91 Å². The molecule has 0 radical (unpaired) electrons. The van der Waals surface area contributed by atoms with E-state index in [1.165, 1.54) is 53.3 Å². The fourth-order valence-corrected chi connectivity index (χ4v) is 3.55. The Kier molecular flexibility index (Phi) is 5.95. The summed E-state index contributed by atoms with van der Waals surface area (Å²) in [5, 5.41) is 2.51. The van der Waals surface area contributed by atoms with Crippen LogP contribution in [0, 0.1) is 0 Å². The van der Waals surface area contributed by atoms with Crippen LogP contribution in [0.25, 0.3) is 0 Å². The van der Waals surface area contributed by atoms with Crippen molar-refractivity contribution in [3.63, 3.8) is 0 Å². The van der Waals surface area contributed by atoms with Gasteiger partial charge in [0, 0.05) is 24.1 Å². The maximum atomic E-state index is 12.3. The van der Waals surface area contributed by atoms with E-state index < -0.39 is 27.4 Å². The molecule has 0 fully saturated rings. The molecule has 0 unspecified atom stereocenters. The number of nitrogens with zero attached hydrogens (tertiary/aromatic N) is 1. The molecule has 1 aromatic rings. The van der Waals surface area contributed by atoms with Crippen molar-refractivity contribution in [1.29, 1.82) is 0 Å². The lowest BCUT2D eigenvalue weighted by Gasteiger charge is -2.23. The average molecular weight is 407 g/mol. The fraction of sp³-hybridized carbons (Fsp3) is 0.429. The molecule has 0 aliphatic rings. The van der Waals surface area contributed by atoms with Crippen molar-refractivity contribution in [3.05, 3.63) is 28.2 Å². The second-order valence-electron chi connectivity index (χ2n) is 5.50. The van der Waals surface area contributed by atoms with Gasteiger partial charge in [-0.1, -0.05) is 0 Å². The fourth-order valence-electron chi connectivity index (χ4n) is 1.70. The predicted molar refractivity (Wildman–Crippen MR) is 88.6 cm³/mol. The summed E-state index contributed by atoms with van der Waals surface area (Å²) in [6, 6.07) is 4.18. The van der Waals surface area contributed by atoms with E-state index >= 15 is 0 Å². The summed E-state index contributed by atoms with van der Waals surface area (Å²) in [5.74, 6) is -1.19. The van der Waals surface area contributed by atoms with Crippen molar-refractivity contribution < 1.29 is 22.7 Å². The zero-order valence-electron chi connectivity index (χ0n) is 13.5. The number of carbonyl (C=O) groups excluding carboxylic acids is 2. The van der Waals surface area contributed by atoms with E-state index in [1.54, 1.807) is 0 Å². The largest absolute Gasteiger partial charge is 0.467 e. The molecule has 0 saturated heterocycles. The van der Waals surface area contributed by atoms with Gasteiger partial charge >= 0.3 is 5.97 Å². The number of sulfonamides is 1. The zero-order valence-corrected chi connectivity index (χ0v) is 15.9. The van der Waals surface area contributed by atoms with Crippen LogP contribution in [0.3, 0.4) is 0 Å². The molecular formula is C14H19BrN2O5S. The van der Waals surface area contributed by atoms with E-state index in [-0.39, 0.29) is 10.5 Å². The number of hydrogen-bond acceptors (Lipinski definition) is 5. The third-order valence-electron chi connectivity index (χ3n) is 3.07. The highest BCUT2D eigenvalue weighted by molar-refractivity contribution is 9.10. The molecule has 7 nitrogen and oxygen atoms in total. The number of benzene rings is 1. The summed E-state index contributed by atoms with van der Waals surface area (Å²) in [6.45, 7) is 2.99. The number of esters is 1. The summed E-state index contributed by atoms with van der Waals surface area (Å²) >= 11 is 3.17. The molecule has 0 heterocycles. The molecule has 128 valence electrons. The summed E-state index contributed by atoms with van der Waals surface area (Å²) in [4.78, 5) is 23.9. The van der Waals surface area contributed by atoms with Gasteiger partial charge in [0.2, 0.25) is 10.0 Å². The molecule has 0 bridgehead atoms. The first kappa shape index (κ1) is 19.6. The number of halogens is 1. The highest BCUT2D eigenvalue weighted by atomic mass is 79.9. The first-order chi connectivity index (χ1) is 10.4. The van der Waals surface area contributed by atoms with Crippen LogP contribution in [-0.2, 0) is 19.6 Å². The van der Waals surface area contributed by atoms with Gasteiger partial charge in [0.05, 0.1) is 12.0 Å². The highest BCUT2D eigenvalue weighted by Gasteiger charge is 2.31. The Hall–Kier alpha value is -1.45. The van der Waals surface area contributed by atoms with Crippen LogP contribution in [0.1, 0.15) is 24.2 Å². The van der Waals surface area contributed by atoms with Crippen molar-refractivity contribution >= 4 is 37.8 Å². The van der Waals surface area contributed by atoms with Gasteiger partial charge in [-0.05, 0) is 48.0 Å². The molecule has 0 spiro atoms. The lowest BCUT2D eigenvalue weighted by atomic mass is 10.1. The molecule has 1 amide bonds. The maximum absolute atomic E-state index is 12.3. The van der Waals surface area contributed by atoms with Gasteiger partial charge in [0.1, 0.15) is 5.54 Å². The number of carbonyl (C=O) groups is 2. The van der Waals surface area contributed by atoms with Crippen LogP contribution < -0.4 is 5.32 Å². The minimum Gasteiger partial charge on any atom is -0.467 e. The average Bonchev–Trinajstić information content (AvgIpc) is 2.45. The molecule has 0 aromatic heterocycles.